The van der Waals surface area contributed by atoms with E-state index in [4.69, 9.17) is 9.47 Å². The van der Waals surface area contributed by atoms with Gasteiger partial charge in [0, 0.05) is 25.3 Å². The lowest BCUT2D eigenvalue weighted by atomic mass is 10.1. The van der Waals surface area contributed by atoms with E-state index in [-0.39, 0.29) is 18.1 Å². The second-order valence-corrected chi connectivity index (χ2v) is 6.40. The van der Waals surface area contributed by atoms with Crippen LogP contribution in [0.1, 0.15) is 58.4 Å². The lowest BCUT2D eigenvalue weighted by Gasteiger charge is -2.18. The molecule has 0 fully saturated rings. The summed E-state index contributed by atoms with van der Waals surface area (Å²) in [5, 5.41) is 0. The highest BCUT2D eigenvalue weighted by atomic mass is 16.7. The molecular weight excluding hydrogens is 342 g/mol. The van der Waals surface area contributed by atoms with Gasteiger partial charge in [-0.05, 0) is 44.4 Å². The average molecular weight is 367 g/mol. The van der Waals surface area contributed by atoms with E-state index in [0.29, 0.717) is 37.3 Å². The second kappa shape index (κ2) is 8.93. The number of ether oxygens (including phenoxy) is 2. The standard InChI is InChI=1S/C22H25NO4/c1-3-26-22(27-4-2)17-11-7-9-16(15-17)10-8-14-23-20(24)18-12-5-6-13-19(18)21(23)25/h5-7,9,11-13,15,22H,3-4,8,10,14H2,1-2H3. The summed E-state index contributed by atoms with van der Waals surface area (Å²) in [4.78, 5) is 26.2. The lowest BCUT2D eigenvalue weighted by molar-refractivity contribution is -0.140. The first-order valence-corrected chi connectivity index (χ1v) is 9.43. The van der Waals surface area contributed by atoms with Crippen LogP contribution in [0.4, 0.5) is 0 Å². The van der Waals surface area contributed by atoms with E-state index < -0.39 is 0 Å². The van der Waals surface area contributed by atoms with Crippen LogP contribution in [0.2, 0.25) is 0 Å². The molecule has 1 heterocycles. The molecule has 5 nitrogen and oxygen atoms in total. The molecule has 0 bridgehead atoms. The second-order valence-electron chi connectivity index (χ2n) is 6.40. The van der Waals surface area contributed by atoms with Gasteiger partial charge in [-0.15, -0.1) is 0 Å². The number of benzene rings is 2. The van der Waals surface area contributed by atoms with Gasteiger partial charge in [0.2, 0.25) is 0 Å². The molecule has 0 aromatic heterocycles. The Morgan fingerprint density at radius 2 is 1.52 bits per heavy atom. The highest BCUT2D eigenvalue weighted by Crippen LogP contribution is 2.24. The van der Waals surface area contributed by atoms with Gasteiger partial charge in [0.05, 0.1) is 11.1 Å². The minimum absolute atomic E-state index is 0.197. The van der Waals surface area contributed by atoms with E-state index >= 15 is 0 Å². The monoisotopic (exact) mass is 367 g/mol. The van der Waals surface area contributed by atoms with Crippen LogP contribution in [0.15, 0.2) is 48.5 Å². The third-order valence-electron chi connectivity index (χ3n) is 4.58. The number of hydrogen-bond acceptors (Lipinski definition) is 4. The van der Waals surface area contributed by atoms with Crippen molar-refractivity contribution in [2.24, 2.45) is 0 Å². The molecule has 0 aliphatic carbocycles. The van der Waals surface area contributed by atoms with Crippen LogP contribution in [0.25, 0.3) is 0 Å². The summed E-state index contributed by atoms with van der Waals surface area (Å²) in [5.41, 5.74) is 3.12. The maximum atomic E-state index is 12.4. The summed E-state index contributed by atoms with van der Waals surface area (Å²) in [6.07, 6.45) is 1.12. The largest absolute Gasteiger partial charge is 0.349 e. The lowest BCUT2D eigenvalue weighted by Crippen LogP contribution is -2.30. The van der Waals surface area contributed by atoms with Gasteiger partial charge in [-0.2, -0.15) is 0 Å². The molecule has 0 atom stereocenters. The Balaban J connectivity index is 1.61. The third-order valence-corrected chi connectivity index (χ3v) is 4.58. The zero-order valence-corrected chi connectivity index (χ0v) is 15.8. The molecular formula is C22H25NO4. The zero-order valence-electron chi connectivity index (χ0n) is 15.8. The van der Waals surface area contributed by atoms with Crippen LogP contribution in [0, 0.1) is 0 Å². The SMILES string of the molecule is CCOC(OCC)c1cccc(CCCN2C(=O)c3ccccc3C2=O)c1. The van der Waals surface area contributed by atoms with Crippen LogP contribution in [-0.2, 0) is 15.9 Å². The number of hydrogen-bond donors (Lipinski definition) is 0. The fraction of sp³-hybridized carbons (Fsp3) is 0.364. The zero-order chi connectivity index (χ0) is 19.2. The van der Waals surface area contributed by atoms with Gasteiger partial charge in [0.15, 0.2) is 6.29 Å². The number of aryl methyl sites for hydroxylation is 1. The fourth-order valence-electron chi connectivity index (χ4n) is 3.32. The first-order valence-electron chi connectivity index (χ1n) is 9.43. The van der Waals surface area contributed by atoms with Gasteiger partial charge in [-0.1, -0.05) is 36.4 Å². The van der Waals surface area contributed by atoms with Crippen molar-refractivity contribution in [3.63, 3.8) is 0 Å². The van der Waals surface area contributed by atoms with Crippen molar-refractivity contribution in [2.45, 2.75) is 33.0 Å². The normalized spacial score (nSPS) is 13.5. The highest BCUT2D eigenvalue weighted by molar-refractivity contribution is 6.21. The molecule has 142 valence electrons. The van der Waals surface area contributed by atoms with Crippen molar-refractivity contribution in [1.82, 2.24) is 4.90 Å². The van der Waals surface area contributed by atoms with Crippen LogP contribution >= 0.6 is 0 Å². The Bertz CT molecular complexity index is 776. The van der Waals surface area contributed by atoms with Crippen LogP contribution < -0.4 is 0 Å². The molecule has 0 saturated heterocycles. The molecule has 1 aliphatic heterocycles. The van der Waals surface area contributed by atoms with Crippen LogP contribution in [-0.4, -0.2) is 36.5 Å². The van der Waals surface area contributed by atoms with Gasteiger partial charge in [-0.25, -0.2) is 0 Å². The molecule has 0 radical (unpaired) electrons. The molecule has 2 amide bonds. The molecule has 27 heavy (non-hydrogen) atoms. The van der Waals surface area contributed by atoms with Crippen molar-refractivity contribution in [2.75, 3.05) is 19.8 Å². The summed E-state index contributed by atoms with van der Waals surface area (Å²) in [6, 6.07) is 15.1. The van der Waals surface area contributed by atoms with Gasteiger partial charge in [0.1, 0.15) is 0 Å². The van der Waals surface area contributed by atoms with Gasteiger partial charge < -0.3 is 9.47 Å². The molecule has 0 saturated carbocycles. The van der Waals surface area contributed by atoms with Crippen LogP contribution in [0.5, 0.6) is 0 Å². The number of carbonyl (C=O) groups is 2. The summed E-state index contributed by atoms with van der Waals surface area (Å²) >= 11 is 0. The van der Waals surface area contributed by atoms with Crippen molar-refractivity contribution in [3.05, 3.63) is 70.8 Å². The quantitative estimate of drug-likeness (QED) is 0.497. The van der Waals surface area contributed by atoms with Crippen LogP contribution in [0.3, 0.4) is 0 Å². The maximum absolute atomic E-state index is 12.4. The summed E-state index contributed by atoms with van der Waals surface area (Å²) < 4.78 is 11.3. The Kier molecular flexibility index (Phi) is 6.37. The summed E-state index contributed by atoms with van der Waals surface area (Å²) in [6.45, 7) is 5.45. The number of fused-ring (bicyclic) bond motifs is 1. The molecule has 5 heteroatoms. The molecule has 1 aliphatic rings. The third kappa shape index (κ3) is 4.26. The summed E-state index contributed by atoms with van der Waals surface area (Å²) in [7, 11) is 0. The number of rotatable bonds is 9. The summed E-state index contributed by atoms with van der Waals surface area (Å²) in [5.74, 6) is -0.394. The van der Waals surface area contributed by atoms with Crippen molar-refractivity contribution in [3.8, 4) is 0 Å². The first-order chi connectivity index (χ1) is 13.2. The van der Waals surface area contributed by atoms with E-state index in [1.165, 1.54) is 4.90 Å². The number of imide groups is 1. The van der Waals surface area contributed by atoms with Crippen molar-refractivity contribution < 1.29 is 19.1 Å². The van der Waals surface area contributed by atoms with Gasteiger partial charge in [-0.3, -0.25) is 14.5 Å². The van der Waals surface area contributed by atoms with E-state index in [2.05, 4.69) is 6.07 Å². The maximum Gasteiger partial charge on any atom is 0.261 e. The predicted octanol–water partition coefficient (Wildman–Crippen LogP) is 3.99. The molecule has 3 rings (SSSR count). The van der Waals surface area contributed by atoms with E-state index in [1.54, 1.807) is 24.3 Å². The Morgan fingerprint density at radius 1 is 0.889 bits per heavy atom. The predicted molar refractivity (Wildman–Crippen MR) is 103 cm³/mol. The van der Waals surface area contributed by atoms with E-state index in [9.17, 15) is 9.59 Å². The van der Waals surface area contributed by atoms with Crippen molar-refractivity contribution in [1.29, 1.82) is 0 Å². The molecule has 0 unspecified atom stereocenters. The number of nitrogens with zero attached hydrogens (tertiary/aromatic N) is 1. The molecule has 0 spiro atoms. The smallest absolute Gasteiger partial charge is 0.261 e. The highest BCUT2D eigenvalue weighted by Gasteiger charge is 2.34. The Labute approximate surface area is 159 Å². The first kappa shape index (κ1) is 19.3. The molecule has 2 aromatic rings. The van der Waals surface area contributed by atoms with E-state index in [1.807, 2.05) is 32.0 Å². The van der Waals surface area contributed by atoms with E-state index in [0.717, 1.165) is 17.5 Å². The topological polar surface area (TPSA) is 55.8 Å². The Morgan fingerprint density at radius 3 is 2.11 bits per heavy atom. The van der Waals surface area contributed by atoms with Gasteiger partial charge in [0.25, 0.3) is 11.8 Å². The number of carbonyl (C=O) groups excluding carboxylic acids is 2. The molecule has 0 N–H and O–H groups in total. The van der Waals surface area contributed by atoms with Gasteiger partial charge >= 0.3 is 0 Å². The minimum atomic E-state index is -0.365. The fourth-order valence-corrected chi connectivity index (χ4v) is 3.32. The average Bonchev–Trinajstić information content (AvgIpc) is 2.93. The van der Waals surface area contributed by atoms with Crippen molar-refractivity contribution >= 4 is 11.8 Å². The molecule has 2 aromatic carbocycles. The number of amides is 2. The minimum Gasteiger partial charge on any atom is -0.349 e. The Hall–Kier alpha value is -2.50.